The third-order valence-electron chi connectivity index (χ3n) is 4.01. The molecule has 1 aliphatic heterocycles. The Morgan fingerprint density at radius 3 is 2.85 bits per heavy atom. The van der Waals surface area contributed by atoms with E-state index in [0.29, 0.717) is 28.6 Å². The van der Waals surface area contributed by atoms with Crippen molar-refractivity contribution in [1.82, 2.24) is 9.97 Å². The molecule has 4 rings (SSSR count). The highest BCUT2D eigenvalue weighted by atomic mass is 32.1. The lowest BCUT2D eigenvalue weighted by Gasteiger charge is -2.15. The molecule has 1 aliphatic rings. The summed E-state index contributed by atoms with van der Waals surface area (Å²) in [5.41, 5.74) is 3.44. The number of carbonyl (C=O) groups is 2. The summed E-state index contributed by atoms with van der Waals surface area (Å²) in [5, 5.41) is 6.14. The Morgan fingerprint density at radius 2 is 2.08 bits per heavy atom. The smallest absolute Gasteiger partial charge is 0.311 e. The first-order valence-corrected chi connectivity index (χ1v) is 9.74. The molecule has 0 radical (unpaired) electrons. The second-order valence-corrected chi connectivity index (χ2v) is 8.00. The van der Waals surface area contributed by atoms with Crippen molar-refractivity contribution in [2.75, 3.05) is 5.32 Å². The van der Waals surface area contributed by atoms with Gasteiger partial charge in [-0.05, 0) is 44.0 Å². The van der Waals surface area contributed by atoms with Gasteiger partial charge in [-0.15, -0.1) is 22.7 Å². The fourth-order valence-corrected chi connectivity index (χ4v) is 4.33. The summed E-state index contributed by atoms with van der Waals surface area (Å²) in [7, 11) is 0. The van der Waals surface area contributed by atoms with Crippen LogP contribution in [0.2, 0.25) is 0 Å². The van der Waals surface area contributed by atoms with Gasteiger partial charge in [0.05, 0.1) is 22.8 Å². The number of rotatable bonds is 3. The monoisotopic (exact) mass is 385 g/mol. The summed E-state index contributed by atoms with van der Waals surface area (Å²) < 4.78 is 5.22. The number of aryl methyl sites for hydroxylation is 3. The third-order valence-corrected chi connectivity index (χ3v) is 5.84. The first-order valence-electron chi connectivity index (χ1n) is 8.04. The Labute approximate surface area is 157 Å². The molecule has 26 heavy (non-hydrogen) atoms. The van der Waals surface area contributed by atoms with Crippen molar-refractivity contribution in [3.63, 3.8) is 0 Å². The van der Waals surface area contributed by atoms with Gasteiger partial charge in [0.2, 0.25) is 0 Å². The molecule has 1 amide bonds. The molecule has 0 bridgehead atoms. The fraction of sp³-hybridized carbons (Fsp3) is 0.222. The van der Waals surface area contributed by atoms with Crippen molar-refractivity contribution < 1.29 is 14.3 Å². The van der Waals surface area contributed by atoms with Crippen LogP contribution in [-0.2, 0) is 11.2 Å². The normalized spacial score (nSPS) is 13.2. The number of hydrogen-bond donors (Lipinski definition) is 1. The molecule has 132 valence electrons. The van der Waals surface area contributed by atoms with E-state index >= 15 is 0 Å². The number of benzene rings is 1. The second-order valence-electron chi connectivity index (χ2n) is 5.94. The minimum Gasteiger partial charge on any atom is -0.426 e. The number of nitrogens with zero attached hydrogens (tertiary/aromatic N) is 2. The van der Waals surface area contributed by atoms with Crippen molar-refractivity contribution in [2.24, 2.45) is 0 Å². The SMILES string of the molecule is Cc1nc(C)c(C(=O)Nc2nc(-c3ccc4c(c3)CCC(=O)O4)cs2)s1. The van der Waals surface area contributed by atoms with Gasteiger partial charge in [-0.3, -0.25) is 14.9 Å². The average Bonchev–Trinajstić information content (AvgIpc) is 3.20. The summed E-state index contributed by atoms with van der Waals surface area (Å²) in [6.07, 6.45) is 1.06. The Kier molecular flexibility index (Phi) is 4.29. The maximum atomic E-state index is 12.4. The third kappa shape index (κ3) is 3.25. The molecule has 0 saturated carbocycles. The van der Waals surface area contributed by atoms with Crippen LogP contribution in [0.4, 0.5) is 5.13 Å². The number of ether oxygens (including phenoxy) is 1. The second kappa shape index (κ2) is 6.62. The standard InChI is InChI=1S/C18H15N3O3S2/c1-9-16(26-10(2)19-9)17(23)21-18-20-13(8-25-18)11-3-5-14-12(7-11)4-6-15(22)24-14/h3,5,7-8H,4,6H2,1-2H3,(H,20,21,23). The molecule has 0 saturated heterocycles. The molecular formula is C18H15N3O3S2. The Bertz CT molecular complexity index is 1020. The number of fused-ring (bicyclic) bond motifs is 1. The molecule has 0 spiro atoms. The highest BCUT2D eigenvalue weighted by molar-refractivity contribution is 7.15. The van der Waals surface area contributed by atoms with E-state index in [1.165, 1.54) is 22.7 Å². The lowest BCUT2D eigenvalue weighted by molar-refractivity contribution is -0.135. The topological polar surface area (TPSA) is 81.2 Å². The molecule has 3 heterocycles. The van der Waals surface area contributed by atoms with Crippen LogP contribution in [0.15, 0.2) is 23.6 Å². The number of hydrogen-bond acceptors (Lipinski definition) is 7. The van der Waals surface area contributed by atoms with E-state index in [9.17, 15) is 9.59 Å². The zero-order valence-corrected chi connectivity index (χ0v) is 15.8. The van der Waals surface area contributed by atoms with Gasteiger partial charge in [0.1, 0.15) is 10.6 Å². The Hall–Kier alpha value is -2.58. The van der Waals surface area contributed by atoms with Gasteiger partial charge in [-0.1, -0.05) is 0 Å². The van der Waals surface area contributed by atoms with Crippen LogP contribution in [-0.4, -0.2) is 21.8 Å². The first kappa shape index (κ1) is 16.9. The fourth-order valence-electron chi connectivity index (χ4n) is 2.80. The lowest BCUT2D eigenvalue weighted by atomic mass is 10.0. The van der Waals surface area contributed by atoms with Gasteiger partial charge in [0.25, 0.3) is 5.91 Å². The first-order chi connectivity index (χ1) is 12.5. The molecule has 8 heteroatoms. The van der Waals surface area contributed by atoms with Crippen LogP contribution in [0.5, 0.6) is 5.75 Å². The molecule has 1 N–H and O–H groups in total. The van der Waals surface area contributed by atoms with Gasteiger partial charge >= 0.3 is 5.97 Å². The van der Waals surface area contributed by atoms with E-state index < -0.39 is 0 Å². The van der Waals surface area contributed by atoms with E-state index in [2.05, 4.69) is 15.3 Å². The molecule has 0 unspecified atom stereocenters. The highest BCUT2D eigenvalue weighted by Crippen LogP contribution is 2.32. The quantitative estimate of drug-likeness (QED) is 0.545. The zero-order valence-electron chi connectivity index (χ0n) is 14.2. The van der Waals surface area contributed by atoms with Crippen LogP contribution in [0.3, 0.4) is 0 Å². The van der Waals surface area contributed by atoms with Crippen LogP contribution >= 0.6 is 22.7 Å². The number of esters is 1. The number of carbonyl (C=O) groups excluding carboxylic acids is 2. The van der Waals surface area contributed by atoms with Crippen molar-refractivity contribution in [1.29, 1.82) is 0 Å². The summed E-state index contributed by atoms with van der Waals surface area (Å²) in [5.74, 6) is 0.230. The summed E-state index contributed by atoms with van der Waals surface area (Å²) in [6, 6.07) is 5.65. The largest absolute Gasteiger partial charge is 0.426 e. The van der Waals surface area contributed by atoms with Crippen molar-refractivity contribution >= 4 is 39.7 Å². The number of nitrogens with one attached hydrogen (secondary N) is 1. The summed E-state index contributed by atoms with van der Waals surface area (Å²) >= 11 is 2.75. The summed E-state index contributed by atoms with van der Waals surface area (Å²) in [6.45, 7) is 3.70. The van der Waals surface area contributed by atoms with Crippen LogP contribution in [0.1, 0.15) is 32.4 Å². The van der Waals surface area contributed by atoms with E-state index in [4.69, 9.17) is 4.74 Å². The maximum Gasteiger partial charge on any atom is 0.311 e. The molecule has 0 aliphatic carbocycles. The molecular weight excluding hydrogens is 370 g/mol. The van der Waals surface area contributed by atoms with Crippen molar-refractivity contribution in [3.05, 3.63) is 44.7 Å². The molecule has 1 aromatic carbocycles. The highest BCUT2D eigenvalue weighted by Gasteiger charge is 2.19. The van der Waals surface area contributed by atoms with Crippen molar-refractivity contribution in [3.8, 4) is 17.0 Å². The molecule has 0 fully saturated rings. The van der Waals surface area contributed by atoms with Crippen molar-refractivity contribution in [2.45, 2.75) is 26.7 Å². The minimum absolute atomic E-state index is 0.189. The number of amides is 1. The van der Waals surface area contributed by atoms with E-state index in [-0.39, 0.29) is 11.9 Å². The molecule has 0 atom stereocenters. The van der Waals surface area contributed by atoms with E-state index in [1.54, 1.807) is 6.07 Å². The van der Waals surface area contributed by atoms with E-state index in [0.717, 1.165) is 27.5 Å². The number of anilines is 1. The minimum atomic E-state index is -0.197. The summed E-state index contributed by atoms with van der Waals surface area (Å²) in [4.78, 5) is 33.1. The maximum absolute atomic E-state index is 12.4. The van der Waals surface area contributed by atoms with Crippen LogP contribution in [0.25, 0.3) is 11.3 Å². The van der Waals surface area contributed by atoms with Crippen LogP contribution < -0.4 is 10.1 Å². The predicted octanol–water partition coefficient (Wildman–Crippen LogP) is 3.99. The van der Waals surface area contributed by atoms with Gasteiger partial charge in [0, 0.05) is 10.9 Å². The molecule has 2 aromatic heterocycles. The van der Waals surface area contributed by atoms with Gasteiger partial charge < -0.3 is 4.74 Å². The van der Waals surface area contributed by atoms with Gasteiger partial charge in [-0.25, -0.2) is 9.97 Å². The Morgan fingerprint density at radius 1 is 1.23 bits per heavy atom. The average molecular weight is 385 g/mol. The molecule has 3 aromatic rings. The molecule has 6 nitrogen and oxygen atoms in total. The zero-order chi connectivity index (χ0) is 18.3. The number of thiazole rings is 2. The van der Waals surface area contributed by atoms with Crippen LogP contribution in [0, 0.1) is 13.8 Å². The lowest BCUT2D eigenvalue weighted by Crippen LogP contribution is -2.15. The predicted molar refractivity (Wildman–Crippen MR) is 101 cm³/mol. The van der Waals surface area contributed by atoms with E-state index in [1.807, 2.05) is 31.4 Å². The number of aromatic nitrogens is 2. The van der Waals surface area contributed by atoms with Gasteiger partial charge in [-0.2, -0.15) is 0 Å². The van der Waals surface area contributed by atoms with Gasteiger partial charge in [0.15, 0.2) is 5.13 Å². The Balaban J connectivity index is 1.54.